The number of hydrogen-bond acceptors (Lipinski definition) is 5. The molecule has 0 spiro atoms. The van der Waals surface area contributed by atoms with Crippen molar-refractivity contribution < 1.29 is 23.8 Å². The van der Waals surface area contributed by atoms with E-state index in [0.29, 0.717) is 28.4 Å². The zero-order chi connectivity index (χ0) is 20.4. The average molecular weight is 392 g/mol. The number of methoxy groups -OCH3 is 1. The van der Waals surface area contributed by atoms with Crippen molar-refractivity contribution in [2.45, 2.75) is 39.0 Å². The van der Waals surface area contributed by atoms with Crippen LogP contribution in [-0.2, 0) is 4.79 Å². The van der Waals surface area contributed by atoms with Crippen LogP contribution in [0.1, 0.15) is 53.6 Å². The number of carbonyl (C=O) groups excluding carboxylic acids is 2. The molecule has 29 heavy (non-hydrogen) atoms. The van der Waals surface area contributed by atoms with Crippen molar-refractivity contribution in [1.29, 1.82) is 0 Å². The Morgan fingerprint density at radius 2 is 1.83 bits per heavy atom. The number of esters is 1. The van der Waals surface area contributed by atoms with Crippen molar-refractivity contribution in [1.82, 2.24) is 0 Å². The summed E-state index contributed by atoms with van der Waals surface area (Å²) in [6, 6.07) is 10.8. The second kappa shape index (κ2) is 8.11. The van der Waals surface area contributed by atoms with Gasteiger partial charge in [0, 0.05) is 11.1 Å². The van der Waals surface area contributed by atoms with Crippen molar-refractivity contribution in [2.75, 3.05) is 7.11 Å². The molecule has 150 valence electrons. The topological polar surface area (TPSA) is 61.8 Å². The van der Waals surface area contributed by atoms with Crippen LogP contribution in [0, 0.1) is 12.8 Å². The minimum Gasteiger partial charge on any atom is -0.496 e. The molecule has 0 atom stereocenters. The van der Waals surface area contributed by atoms with Gasteiger partial charge in [-0.15, -0.1) is 0 Å². The van der Waals surface area contributed by atoms with Crippen molar-refractivity contribution in [3.05, 3.63) is 58.8 Å². The van der Waals surface area contributed by atoms with Gasteiger partial charge >= 0.3 is 5.97 Å². The van der Waals surface area contributed by atoms with Crippen molar-refractivity contribution >= 4 is 17.8 Å². The Kier molecular flexibility index (Phi) is 5.38. The quantitative estimate of drug-likeness (QED) is 0.411. The Balaban J connectivity index is 1.58. The third kappa shape index (κ3) is 3.77. The molecule has 5 nitrogen and oxygen atoms in total. The first-order chi connectivity index (χ1) is 14.1. The van der Waals surface area contributed by atoms with Gasteiger partial charge in [-0.3, -0.25) is 9.59 Å². The van der Waals surface area contributed by atoms with Gasteiger partial charge in [-0.05, 0) is 44.0 Å². The van der Waals surface area contributed by atoms with E-state index in [0.717, 1.165) is 31.2 Å². The maximum Gasteiger partial charge on any atom is 0.314 e. The number of ketones is 1. The van der Waals surface area contributed by atoms with E-state index in [-0.39, 0.29) is 23.4 Å². The predicted octanol–water partition coefficient (Wildman–Crippen LogP) is 5.11. The summed E-state index contributed by atoms with van der Waals surface area (Å²) in [6.45, 7) is 1.81. The number of fused-ring (bicyclic) bond motifs is 1. The third-order valence-corrected chi connectivity index (χ3v) is 5.61. The highest BCUT2D eigenvalue weighted by Crippen LogP contribution is 2.40. The van der Waals surface area contributed by atoms with Crippen LogP contribution in [-0.4, -0.2) is 18.9 Å². The third-order valence-electron chi connectivity index (χ3n) is 5.61. The Labute approximate surface area is 170 Å². The van der Waals surface area contributed by atoms with Gasteiger partial charge in [-0.2, -0.15) is 0 Å². The maximum absolute atomic E-state index is 12.8. The standard InChI is InChI=1S/C24H24O5/c1-15-19(29-24(26)16-8-4-3-5-9-16)13-12-18-22(25)21(28-23(15)18)14-17-10-6-7-11-20(17)27-2/h6-7,10-14,16H,3-5,8-9H2,1-2H3/b21-14-. The minimum atomic E-state index is -0.195. The first-order valence-corrected chi connectivity index (χ1v) is 10.0. The van der Waals surface area contributed by atoms with Crippen molar-refractivity contribution in [3.63, 3.8) is 0 Å². The van der Waals surface area contributed by atoms with Gasteiger partial charge < -0.3 is 14.2 Å². The Hall–Kier alpha value is -3.08. The number of para-hydroxylation sites is 1. The fourth-order valence-corrected chi connectivity index (χ4v) is 3.94. The molecule has 0 bridgehead atoms. The predicted molar refractivity (Wildman–Crippen MR) is 109 cm³/mol. The van der Waals surface area contributed by atoms with Gasteiger partial charge in [0.25, 0.3) is 0 Å². The lowest BCUT2D eigenvalue weighted by Crippen LogP contribution is -2.23. The van der Waals surface area contributed by atoms with Crippen LogP contribution >= 0.6 is 0 Å². The molecule has 0 amide bonds. The fourth-order valence-electron chi connectivity index (χ4n) is 3.94. The zero-order valence-electron chi connectivity index (χ0n) is 16.7. The van der Waals surface area contributed by atoms with Crippen LogP contribution in [0.25, 0.3) is 6.08 Å². The molecule has 2 aromatic rings. The first kappa shape index (κ1) is 19.2. The van der Waals surface area contributed by atoms with Crippen LogP contribution in [0.3, 0.4) is 0 Å². The van der Waals surface area contributed by atoms with E-state index >= 15 is 0 Å². The molecular formula is C24H24O5. The molecule has 1 saturated carbocycles. The first-order valence-electron chi connectivity index (χ1n) is 10.0. The number of benzene rings is 2. The summed E-state index contributed by atoms with van der Waals surface area (Å²) < 4.78 is 16.9. The van der Waals surface area contributed by atoms with Crippen LogP contribution in [0.5, 0.6) is 17.2 Å². The van der Waals surface area contributed by atoms with Gasteiger partial charge in [-0.1, -0.05) is 37.5 Å². The SMILES string of the molecule is COc1ccccc1/C=C1\Oc2c(ccc(OC(=O)C3CCCCC3)c2C)C1=O. The molecule has 1 heterocycles. The lowest BCUT2D eigenvalue weighted by atomic mass is 9.89. The number of ether oxygens (including phenoxy) is 3. The summed E-state index contributed by atoms with van der Waals surface area (Å²) in [4.78, 5) is 25.3. The average Bonchev–Trinajstić information content (AvgIpc) is 3.07. The van der Waals surface area contributed by atoms with E-state index in [1.807, 2.05) is 31.2 Å². The Morgan fingerprint density at radius 1 is 1.07 bits per heavy atom. The minimum absolute atomic E-state index is 0.0417. The molecule has 4 rings (SSSR count). The van der Waals surface area contributed by atoms with Crippen LogP contribution in [0.15, 0.2) is 42.2 Å². The molecule has 0 radical (unpaired) electrons. The second-order valence-corrected chi connectivity index (χ2v) is 7.50. The Bertz CT molecular complexity index is 983. The van der Waals surface area contributed by atoms with Crippen molar-refractivity contribution in [2.24, 2.45) is 5.92 Å². The number of hydrogen-bond donors (Lipinski definition) is 0. The Morgan fingerprint density at radius 3 is 2.59 bits per heavy atom. The van der Waals surface area contributed by atoms with E-state index in [9.17, 15) is 9.59 Å². The monoisotopic (exact) mass is 392 g/mol. The molecule has 0 saturated heterocycles. The van der Waals surface area contributed by atoms with Crippen LogP contribution in [0.2, 0.25) is 0 Å². The summed E-state index contributed by atoms with van der Waals surface area (Å²) in [5, 5.41) is 0. The molecule has 0 aromatic heterocycles. The molecule has 0 unspecified atom stereocenters. The maximum atomic E-state index is 12.8. The van der Waals surface area contributed by atoms with Crippen LogP contribution < -0.4 is 14.2 Å². The highest BCUT2D eigenvalue weighted by molar-refractivity contribution is 6.15. The normalized spacial score (nSPS) is 17.7. The van der Waals surface area contributed by atoms with Crippen LogP contribution in [0.4, 0.5) is 0 Å². The van der Waals surface area contributed by atoms with Gasteiger partial charge in [0.15, 0.2) is 5.76 Å². The molecule has 1 aliphatic heterocycles. The van der Waals surface area contributed by atoms with Gasteiger partial charge in [0.05, 0.1) is 18.6 Å². The summed E-state index contributed by atoms with van der Waals surface area (Å²) in [6.07, 6.45) is 6.75. The highest BCUT2D eigenvalue weighted by Gasteiger charge is 2.31. The van der Waals surface area contributed by atoms with E-state index in [4.69, 9.17) is 14.2 Å². The van der Waals surface area contributed by atoms with Gasteiger partial charge in [-0.25, -0.2) is 0 Å². The van der Waals surface area contributed by atoms with Gasteiger partial charge in [0.2, 0.25) is 5.78 Å². The summed E-state index contributed by atoms with van der Waals surface area (Å²) in [7, 11) is 1.58. The number of Topliss-reactive ketones (excluding diaryl/α,β-unsaturated/α-hetero) is 1. The van der Waals surface area contributed by atoms with Crippen molar-refractivity contribution in [3.8, 4) is 17.2 Å². The van der Waals surface area contributed by atoms with E-state index in [2.05, 4.69) is 0 Å². The summed E-state index contributed by atoms with van der Waals surface area (Å²) in [5.74, 6) is 1.35. The molecule has 5 heteroatoms. The smallest absolute Gasteiger partial charge is 0.314 e. The lowest BCUT2D eigenvalue weighted by molar-refractivity contribution is -0.140. The lowest BCUT2D eigenvalue weighted by Gasteiger charge is -2.20. The van der Waals surface area contributed by atoms with E-state index in [1.54, 1.807) is 25.3 Å². The van der Waals surface area contributed by atoms with E-state index < -0.39 is 0 Å². The summed E-state index contributed by atoms with van der Waals surface area (Å²) in [5.41, 5.74) is 1.89. The summed E-state index contributed by atoms with van der Waals surface area (Å²) >= 11 is 0. The van der Waals surface area contributed by atoms with E-state index in [1.165, 1.54) is 6.42 Å². The molecule has 2 aromatic carbocycles. The molecule has 1 fully saturated rings. The zero-order valence-corrected chi connectivity index (χ0v) is 16.7. The highest BCUT2D eigenvalue weighted by atomic mass is 16.5. The fraction of sp³-hybridized carbons (Fsp3) is 0.333. The number of allylic oxidation sites excluding steroid dienone is 1. The number of rotatable bonds is 4. The molecule has 0 N–H and O–H groups in total. The largest absolute Gasteiger partial charge is 0.496 e. The second-order valence-electron chi connectivity index (χ2n) is 7.50. The molecule has 1 aliphatic carbocycles. The number of carbonyl (C=O) groups is 2. The molecular weight excluding hydrogens is 368 g/mol. The van der Waals surface area contributed by atoms with Gasteiger partial charge in [0.1, 0.15) is 17.2 Å². The molecule has 2 aliphatic rings.